The lowest BCUT2D eigenvalue weighted by molar-refractivity contribution is 0.415. The van der Waals surface area contributed by atoms with Crippen LogP contribution in [0.15, 0.2) is 66.7 Å². The van der Waals surface area contributed by atoms with Gasteiger partial charge < -0.3 is 14.6 Å². The van der Waals surface area contributed by atoms with Crippen molar-refractivity contribution in [1.82, 2.24) is 0 Å². The average molecular weight is 330 g/mol. The number of rotatable bonds is 3. The maximum absolute atomic E-state index is 10.5. The van der Waals surface area contributed by atoms with E-state index in [-0.39, 0.29) is 5.75 Å². The largest absolute Gasteiger partial charge is 0.507 e. The number of para-hydroxylation sites is 1. The van der Waals surface area contributed by atoms with Gasteiger partial charge in [-0.2, -0.15) is 0 Å². The van der Waals surface area contributed by atoms with E-state index in [1.54, 1.807) is 20.3 Å². The van der Waals surface area contributed by atoms with Crippen LogP contribution < -0.4 is 9.47 Å². The SMILES string of the molecule is COc1ccc2c(-c3ccccc3O)c3cc(OC)ccc3cc2c1. The van der Waals surface area contributed by atoms with Crippen molar-refractivity contribution in [2.45, 2.75) is 0 Å². The fourth-order valence-corrected chi connectivity index (χ4v) is 3.31. The van der Waals surface area contributed by atoms with Crippen molar-refractivity contribution in [3.05, 3.63) is 66.7 Å². The molecular weight excluding hydrogens is 312 g/mol. The van der Waals surface area contributed by atoms with E-state index < -0.39 is 0 Å². The molecule has 0 saturated carbocycles. The van der Waals surface area contributed by atoms with Gasteiger partial charge in [0.05, 0.1) is 14.2 Å². The molecule has 4 aromatic carbocycles. The molecule has 4 aromatic rings. The smallest absolute Gasteiger partial charge is 0.123 e. The minimum atomic E-state index is 0.259. The number of hydrogen-bond acceptors (Lipinski definition) is 3. The Labute approximate surface area is 146 Å². The summed E-state index contributed by atoms with van der Waals surface area (Å²) in [5, 5.41) is 14.7. The lowest BCUT2D eigenvalue weighted by Crippen LogP contribution is -1.89. The number of phenolic OH excluding ortho intramolecular Hbond substituents is 1. The quantitative estimate of drug-likeness (QED) is 0.512. The fraction of sp³-hybridized carbons (Fsp3) is 0.0909. The molecule has 0 aliphatic heterocycles. The van der Waals surface area contributed by atoms with Crippen molar-refractivity contribution >= 4 is 21.5 Å². The maximum Gasteiger partial charge on any atom is 0.123 e. The Balaban J connectivity index is 2.18. The van der Waals surface area contributed by atoms with Crippen molar-refractivity contribution in [3.8, 4) is 28.4 Å². The third-order valence-corrected chi connectivity index (χ3v) is 4.54. The van der Waals surface area contributed by atoms with Gasteiger partial charge in [0.15, 0.2) is 0 Å². The highest BCUT2D eigenvalue weighted by molar-refractivity contribution is 6.14. The summed E-state index contributed by atoms with van der Waals surface area (Å²) in [6, 6.07) is 21.5. The molecular formula is C22H18O3. The van der Waals surface area contributed by atoms with E-state index in [4.69, 9.17) is 9.47 Å². The van der Waals surface area contributed by atoms with Gasteiger partial charge in [0.2, 0.25) is 0 Å². The van der Waals surface area contributed by atoms with Gasteiger partial charge in [-0.05, 0) is 57.9 Å². The van der Waals surface area contributed by atoms with E-state index in [9.17, 15) is 5.11 Å². The molecule has 3 heteroatoms. The highest BCUT2D eigenvalue weighted by atomic mass is 16.5. The van der Waals surface area contributed by atoms with E-state index >= 15 is 0 Å². The van der Waals surface area contributed by atoms with E-state index in [0.29, 0.717) is 0 Å². The molecule has 0 atom stereocenters. The molecule has 0 spiro atoms. The molecule has 0 unspecified atom stereocenters. The Morgan fingerprint density at radius 3 is 2.16 bits per heavy atom. The zero-order valence-corrected chi connectivity index (χ0v) is 14.1. The molecule has 25 heavy (non-hydrogen) atoms. The maximum atomic E-state index is 10.5. The first-order valence-electron chi connectivity index (χ1n) is 8.08. The monoisotopic (exact) mass is 330 g/mol. The van der Waals surface area contributed by atoms with Crippen LogP contribution in [0.25, 0.3) is 32.7 Å². The highest BCUT2D eigenvalue weighted by Gasteiger charge is 2.14. The molecule has 0 fully saturated rings. The lowest BCUT2D eigenvalue weighted by atomic mass is 9.91. The summed E-state index contributed by atoms with van der Waals surface area (Å²) in [5.41, 5.74) is 1.80. The van der Waals surface area contributed by atoms with Gasteiger partial charge in [0.1, 0.15) is 17.2 Å². The summed E-state index contributed by atoms with van der Waals surface area (Å²) in [7, 11) is 3.32. The number of phenols is 1. The molecule has 0 aliphatic rings. The van der Waals surface area contributed by atoms with Gasteiger partial charge in [-0.15, -0.1) is 0 Å². The fourth-order valence-electron chi connectivity index (χ4n) is 3.31. The lowest BCUT2D eigenvalue weighted by Gasteiger charge is -2.15. The Morgan fingerprint density at radius 2 is 1.40 bits per heavy atom. The van der Waals surface area contributed by atoms with Crippen LogP contribution in [0.3, 0.4) is 0 Å². The summed E-state index contributed by atoms with van der Waals surface area (Å²) < 4.78 is 10.8. The molecule has 0 amide bonds. The normalized spacial score (nSPS) is 11.0. The van der Waals surface area contributed by atoms with Crippen molar-refractivity contribution < 1.29 is 14.6 Å². The zero-order chi connectivity index (χ0) is 17.4. The zero-order valence-electron chi connectivity index (χ0n) is 14.1. The van der Waals surface area contributed by atoms with Crippen molar-refractivity contribution in [3.63, 3.8) is 0 Å². The number of fused-ring (bicyclic) bond motifs is 2. The van der Waals surface area contributed by atoms with Gasteiger partial charge in [-0.25, -0.2) is 0 Å². The molecule has 1 N–H and O–H groups in total. The van der Waals surface area contributed by atoms with E-state index in [2.05, 4.69) is 6.07 Å². The third-order valence-electron chi connectivity index (χ3n) is 4.54. The molecule has 124 valence electrons. The summed E-state index contributed by atoms with van der Waals surface area (Å²) in [4.78, 5) is 0. The second-order valence-corrected chi connectivity index (χ2v) is 5.94. The van der Waals surface area contributed by atoms with Gasteiger partial charge >= 0.3 is 0 Å². The van der Waals surface area contributed by atoms with E-state index in [1.807, 2.05) is 54.6 Å². The summed E-state index contributed by atoms with van der Waals surface area (Å²) >= 11 is 0. The first kappa shape index (κ1) is 15.3. The van der Waals surface area contributed by atoms with Crippen LogP contribution in [-0.4, -0.2) is 19.3 Å². The molecule has 0 aromatic heterocycles. The van der Waals surface area contributed by atoms with Crippen molar-refractivity contribution in [2.24, 2.45) is 0 Å². The second-order valence-electron chi connectivity index (χ2n) is 5.94. The molecule has 3 nitrogen and oxygen atoms in total. The predicted molar refractivity (Wildman–Crippen MR) is 102 cm³/mol. The number of aromatic hydroxyl groups is 1. The molecule has 0 radical (unpaired) electrons. The van der Waals surface area contributed by atoms with Gasteiger partial charge in [0, 0.05) is 11.1 Å². The van der Waals surface area contributed by atoms with Crippen LogP contribution in [0.5, 0.6) is 17.2 Å². The standard InChI is InChI=1S/C22H18O3/c1-24-16-9-10-18-15(12-16)11-14-7-8-17(25-2)13-20(14)22(18)19-5-3-4-6-21(19)23/h3-13,23H,1-2H3. The first-order valence-corrected chi connectivity index (χ1v) is 8.08. The van der Waals surface area contributed by atoms with E-state index in [0.717, 1.165) is 44.2 Å². The van der Waals surface area contributed by atoms with Crippen LogP contribution in [0.4, 0.5) is 0 Å². The molecule has 0 saturated heterocycles. The predicted octanol–water partition coefficient (Wildman–Crippen LogP) is 5.38. The first-order chi connectivity index (χ1) is 12.2. The highest BCUT2D eigenvalue weighted by Crippen LogP contribution is 2.41. The summed E-state index contributed by atoms with van der Waals surface area (Å²) in [6.45, 7) is 0. The Hall–Kier alpha value is -3.20. The molecule has 0 heterocycles. The number of methoxy groups -OCH3 is 2. The van der Waals surface area contributed by atoms with Crippen LogP contribution in [-0.2, 0) is 0 Å². The van der Waals surface area contributed by atoms with Crippen LogP contribution in [0.2, 0.25) is 0 Å². The number of hydrogen-bond donors (Lipinski definition) is 1. The number of benzene rings is 4. The summed E-state index contributed by atoms with van der Waals surface area (Å²) in [6.07, 6.45) is 0. The molecule has 0 bridgehead atoms. The second kappa shape index (κ2) is 6.02. The Bertz CT molecular complexity index is 1080. The Morgan fingerprint density at radius 1 is 0.680 bits per heavy atom. The van der Waals surface area contributed by atoms with Crippen molar-refractivity contribution in [2.75, 3.05) is 14.2 Å². The van der Waals surface area contributed by atoms with E-state index in [1.165, 1.54) is 0 Å². The van der Waals surface area contributed by atoms with Gasteiger partial charge in [-0.3, -0.25) is 0 Å². The van der Waals surface area contributed by atoms with Crippen LogP contribution in [0, 0.1) is 0 Å². The topological polar surface area (TPSA) is 38.7 Å². The molecule has 0 aliphatic carbocycles. The third kappa shape index (κ3) is 2.54. The van der Waals surface area contributed by atoms with Crippen LogP contribution >= 0.6 is 0 Å². The summed E-state index contributed by atoms with van der Waals surface area (Å²) in [5.74, 6) is 1.86. The van der Waals surface area contributed by atoms with Gasteiger partial charge in [-0.1, -0.05) is 30.3 Å². The van der Waals surface area contributed by atoms with Gasteiger partial charge in [0.25, 0.3) is 0 Å². The number of ether oxygens (including phenoxy) is 2. The Kier molecular flexibility index (Phi) is 3.69. The van der Waals surface area contributed by atoms with Crippen molar-refractivity contribution in [1.29, 1.82) is 0 Å². The molecule has 4 rings (SSSR count). The van der Waals surface area contributed by atoms with Crippen LogP contribution in [0.1, 0.15) is 0 Å². The minimum absolute atomic E-state index is 0.259. The minimum Gasteiger partial charge on any atom is -0.507 e. The average Bonchev–Trinajstić information content (AvgIpc) is 2.66.